The van der Waals surface area contributed by atoms with Crippen LogP contribution in [0.2, 0.25) is 0 Å². The molecule has 2 aromatic carbocycles. The number of fused-ring (bicyclic) bond motifs is 3. The molecule has 1 N–H and O–H groups in total. The highest BCUT2D eigenvalue weighted by Crippen LogP contribution is 2.28. The number of nitrogens with one attached hydrogen (secondary N) is 1. The third-order valence-corrected chi connectivity index (χ3v) is 6.00. The standard InChI is InChI=1S/C22H21FN4OS/c1-13-12-20-25-26-22(27(20)19-7-5-4-6-18(13)19)29-15(3)21(28)24-14(2)16-8-10-17(23)11-9-16/h4-12,14-15H,1-3H3,(H,24,28). The van der Waals surface area contributed by atoms with Crippen molar-refractivity contribution in [3.05, 3.63) is 71.5 Å². The molecule has 2 atom stereocenters. The molecule has 4 rings (SSSR count). The number of halogens is 1. The van der Waals surface area contributed by atoms with E-state index in [9.17, 15) is 9.18 Å². The van der Waals surface area contributed by atoms with Crippen molar-refractivity contribution in [2.24, 2.45) is 0 Å². The van der Waals surface area contributed by atoms with Crippen LogP contribution in [0.3, 0.4) is 0 Å². The lowest BCUT2D eigenvalue weighted by Crippen LogP contribution is -2.33. The number of hydrogen-bond acceptors (Lipinski definition) is 4. The van der Waals surface area contributed by atoms with Crippen molar-refractivity contribution in [1.29, 1.82) is 0 Å². The van der Waals surface area contributed by atoms with Crippen LogP contribution >= 0.6 is 11.8 Å². The van der Waals surface area contributed by atoms with Crippen molar-refractivity contribution in [1.82, 2.24) is 19.9 Å². The van der Waals surface area contributed by atoms with Crippen molar-refractivity contribution >= 4 is 34.2 Å². The summed E-state index contributed by atoms with van der Waals surface area (Å²) in [5, 5.41) is 13.0. The van der Waals surface area contributed by atoms with E-state index >= 15 is 0 Å². The van der Waals surface area contributed by atoms with E-state index in [-0.39, 0.29) is 23.0 Å². The largest absolute Gasteiger partial charge is 0.349 e. The maximum Gasteiger partial charge on any atom is 0.233 e. The predicted molar refractivity (Wildman–Crippen MR) is 114 cm³/mol. The second-order valence-corrected chi connectivity index (χ2v) is 8.37. The molecule has 0 aliphatic carbocycles. The van der Waals surface area contributed by atoms with Gasteiger partial charge >= 0.3 is 0 Å². The van der Waals surface area contributed by atoms with Gasteiger partial charge in [0.25, 0.3) is 0 Å². The third-order valence-electron chi connectivity index (χ3n) is 4.95. The SMILES string of the molecule is Cc1cc2nnc(SC(C)C(=O)NC(C)c3ccc(F)cc3)n2c2ccccc12. The number of pyridine rings is 1. The van der Waals surface area contributed by atoms with Crippen molar-refractivity contribution in [2.45, 2.75) is 37.2 Å². The number of amides is 1. The zero-order chi connectivity index (χ0) is 20.5. The Hall–Kier alpha value is -2.93. The van der Waals surface area contributed by atoms with Gasteiger partial charge < -0.3 is 5.32 Å². The topological polar surface area (TPSA) is 59.3 Å². The fourth-order valence-electron chi connectivity index (χ4n) is 3.33. The highest BCUT2D eigenvalue weighted by Gasteiger charge is 2.21. The molecule has 1 amide bonds. The first-order chi connectivity index (χ1) is 13.9. The van der Waals surface area contributed by atoms with Gasteiger partial charge in [-0.2, -0.15) is 0 Å². The van der Waals surface area contributed by atoms with Crippen LogP contribution in [0, 0.1) is 12.7 Å². The zero-order valence-electron chi connectivity index (χ0n) is 16.4. The molecule has 0 radical (unpaired) electrons. The van der Waals surface area contributed by atoms with Gasteiger partial charge in [0.05, 0.1) is 16.8 Å². The van der Waals surface area contributed by atoms with Gasteiger partial charge in [0.2, 0.25) is 5.91 Å². The second-order valence-electron chi connectivity index (χ2n) is 7.06. The number of aromatic nitrogens is 3. The molecule has 0 aliphatic rings. The lowest BCUT2D eigenvalue weighted by Gasteiger charge is -2.17. The lowest BCUT2D eigenvalue weighted by atomic mass is 10.1. The maximum absolute atomic E-state index is 13.1. The van der Waals surface area contributed by atoms with Gasteiger partial charge in [0.15, 0.2) is 10.8 Å². The number of para-hydroxylation sites is 1. The lowest BCUT2D eigenvalue weighted by molar-refractivity contribution is -0.120. The van der Waals surface area contributed by atoms with Crippen LogP contribution in [0.4, 0.5) is 4.39 Å². The first kappa shape index (κ1) is 19.4. The molecule has 2 unspecified atom stereocenters. The summed E-state index contributed by atoms with van der Waals surface area (Å²) in [6, 6.07) is 16.0. The van der Waals surface area contributed by atoms with Crippen LogP contribution in [0.1, 0.15) is 31.0 Å². The van der Waals surface area contributed by atoms with Crippen molar-refractivity contribution in [2.75, 3.05) is 0 Å². The molecule has 2 aromatic heterocycles. The molecular formula is C22H21FN4OS. The molecule has 0 bridgehead atoms. The molecule has 4 aromatic rings. The first-order valence-corrected chi connectivity index (χ1v) is 10.3. The Bertz CT molecular complexity index is 1190. The van der Waals surface area contributed by atoms with Gasteiger partial charge in [-0.1, -0.05) is 42.1 Å². The molecular weight excluding hydrogens is 387 g/mol. The molecule has 0 saturated heterocycles. The average Bonchev–Trinajstić information content (AvgIpc) is 3.11. The van der Waals surface area contributed by atoms with E-state index in [1.165, 1.54) is 23.9 Å². The number of aryl methyl sites for hydroxylation is 1. The Morgan fingerprint density at radius 3 is 2.59 bits per heavy atom. The van der Waals surface area contributed by atoms with Crippen molar-refractivity contribution in [3.63, 3.8) is 0 Å². The monoisotopic (exact) mass is 408 g/mol. The van der Waals surface area contributed by atoms with Gasteiger partial charge in [-0.3, -0.25) is 9.20 Å². The smallest absolute Gasteiger partial charge is 0.233 e. The number of thioether (sulfide) groups is 1. The van der Waals surface area contributed by atoms with E-state index in [0.29, 0.717) is 5.16 Å². The number of rotatable bonds is 5. The number of carbonyl (C=O) groups is 1. The third kappa shape index (κ3) is 3.82. The fourth-order valence-corrected chi connectivity index (χ4v) is 4.20. The van der Waals surface area contributed by atoms with Gasteiger partial charge in [-0.05, 0) is 56.2 Å². The summed E-state index contributed by atoms with van der Waals surface area (Å²) in [5.74, 6) is -0.405. The van der Waals surface area contributed by atoms with Gasteiger partial charge in [-0.25, -0.2) is 4.39 Å². The van der Waals surface area contributed by atoms with Gasteiger partial charge in [0, 0.05) is 5.39 Å². The Morgan fingerprint density at radius 2 is 1.83 bits per heavy atom. The number of carbonyl (C=O) groups excluding carboxylic acids is 1. The summed E-state index contributed by atoms with van der Waals surface area (Å²) in [5.41, 5.74) is 3.76. The van der Waals surface area contributed by atoms with Gasteiger partial charge in [-0.15, -0.1) is 10.2 Å². The van der Waals surface area contributed by atoms with Crippen molar-refractivity contribution in [3.8, 4) is 0 Å². The normalized spacial score (nSPS) is 13.5. The van der Waals surface area contributed by atoms with Crippen LogP contribution in [0.5, 0.6) is 0 Å². The van der Waals surface area contributed by atoms with Crippen LogP contribution < -0.4 is 5.32 Å². The Kier molecular flexibility index (Phi) is 5.24. The molecule has 7 heteroatoms. The highest BCUT2D eigenvalue weighted by molar-refractivity contribution is 8.00. The van der Waals surface area contributed by atoms with Crippen LogP contribution in [0.15, 0.2) is 59.8 Å². The molecule has 5 nitrogen and oxygen atoms in total. The number of benzene rings is 2. The van der Waals surface area contributed by atoms with E-state index in [1.54, 1.807) is 12.1 Å². The molecule has 0 fully saturated rings. The minimum atomic E-state index is -0.370. The summed E-state index contributed by atoms with van der Waals surface area (Å²) in [4.78, 5) is 12.7. The van der Waals surface area contributed by atoms with Crippen LogP contribution in [-0.2, 0) is 4.79 Å². The summed E-state index contributed by atoms with van der Waals surface area (Å²) >= 11 is 1.37. The summed E-state index contributed by atoms with van der Waals surface area (Å²) in [6.07, 6.45) is 0. The highest BCUT2D eigenvalue weighted by atomic mass is 32.2. The Balaban J connectivity index is 1.56. The Labute approximate surface area is 172 Å². The summed E-state index contributed by atoms with van der Waals surface area (Å²) in [6.45, 7) is 5.77. The van der Waals surface area contributed by atoms with E-state index in [2.05, 4.69) is 28.5 Å². The molecule has 0 saturated carbocycles. The first-order valence-electron chi connectivity index (χ1n) is 9.40. The van der Waals surface area contributed by atoms with Gasteiger partial charge in [0.1, 0.15) is 5.82 Å². The predicted octanol–water partition coefficient (Wildman–Crippen LogP) is 4.69. The second kappa shape index (κ2) is 7.83. The maximum atomic E-state index is 13.1. The molecule has 0 spiro atoms. The molecule has 0 aliphatic heterocycles. The minimum absolute atomic E-state index is 0.111. The quantitative estimate of drug-likeness (QED) is 0.487. The van der Waals surface area contributed by atoms with E-state index in [0.717, 1.165) is 27.7 Å². The van der Waals surface area contributed by atoms with Crippen LogP contribution in [-0.4, -0.2) is 25.8 Å². The fraction of sp³-hybridized carbons (Fsp3) is 0.227. The number of nitrogens with zero attached hydrogens (tertiary/aromatic N) is 3. The minimum Gasteiger partial charge on any atom is -0.349 e. The van der Waals surface area contributed by atoms with E-state index < -0.39 is 0 Å². The van der Waals surface area contributed by atoms with E-state index in [1.807, 2.05) is 42.5 Å². The summed E-state index contributed by atoms with van der Waals surface area (Å²) in [7, 11) is 0. The Morgan fingerprint density at radius 1 is 1.10 bits per heavy atom. The summed E-state index contributed by atoms with van der Waals surface area (Å²) < 4.78 is 15.1. The number of hydrogen-bond donors (Lipinski definition) is 1. The van der Waals surface area contributed by atoms with Crippen molar-refractivity contribution < 1.29 is 9.18 Å². The average molecular weight is 409 g/mol. The molecule has 148 valence electrons. The molecule has 29 heavy (non-hydrogen) atoms. The van der Waals surface area contributed by atoms with E-state index in [4.69, 9.17) is 0 Å². The van der Waals surface area contributed by atoms with Crippen LogP contribution in [0.25, 0.3) is 16.6 Å². The molecule has 2 heterocycles. The zero-order valence-corrected chi connectivity index (χ0v) is 17.2.